The van der Waals surface area contributed by atoms with E-state index in [1.165, 1.54) is 24.8 Å². The molecule has 1 aromatic carbocycles. The van der Waals surface area contributed by atoms with Gasteiger partial charge in [0.1, 0.15) is 0 Å². The molecule has 3 rings (SSSR count). The van der Waals surface area contributed by atoms with Crippen molar-refractivity contribution in [1.82, 2.24) is 10.2 Å². The van der Waals surface area contributed by atoms with E-state index in [1.807, 2.05) is 0 Å². The fourth-order valence-corrected chi connectivity index (χ4v) is 3.79. The van der Waals surface area contributed by atoms with Crippen LogP contribution in [-0.4, -0.2) is 48.3 Å². The van der Waals surface area contributed by atoms with Gasteiger partial charge in [-0.2, -0.15) is 0 Å². The zero-order chi connectivity index (χ0) is 16.1. The van der Waals surface area contributed by atoms with Crippen molar-refractivity contribution in [1.29, 1.82) is 0 Å². The molecule has 3 heteroatoms. The fraction of sp³-hybridized carbons (Fsp3) is 0.600. The number of aliphatic hydroxyl groups is 1. The quantitative estimate of drug-likeness (QED) is 0.812. The first-order valence-corrected chi connectivity index (χ1v) is 9.15. The lowest BCUT2D eigenvalue weighted by Gasteiger charge is -2.32. The molecule has 2 aliphatic rings. The summed E-state index contributed by atoms with van der Waals surface area (Å²) >= 11 is 0. The maximum absolute atomic E-state index is 9.02. The normalized spacial score (nSPS) is 26.4. The first-order chi connectivity index (χ1) is 11.3. The van der Waals surface area contributed by atoms with Gasteiger partial charge in [-0.1, -0.05) is 48.9 Å². The molecule has 0 aromatic heterocycles. The third-order valence-electron chi connectivity index (χ3n) is 5.28. The Labute approximate surface area is 140 Å². The summed E-state index contributed by atoms with van der Waals surface area (Å²) in [5.74, 6) is 0.732. The van der Waals surface area contributed by atoms with E-state index < -0.39 is 0 Å². The van der Waals surface area contributed by atoms with Crippen LogP contribution in [0.5, 0.6) is 0 Å². The molecule has 126 valence electrons. The molecule has 3 nitrogen and oxygen atoms in total. The van der Waals surface area contributed by atoms with Gasteiger partial charge in [0.05, 0.1) is 6.61 Å². The van der Waals surface area contributed by atoms with Gasteiger partial charge in [0.2, 0.25) is 0 Å². The second-order valence-corrected chi connectivity index (χ2v) is 6.94. The summed E-state index contributed by atoms with van der Waals surface area (Å²) in [6.07, 6.45) is 7.26. The first-order valence-electron chi connectivity index (χ1n) is 9.15. The van der Waals surface area contributed by atoms with Gasteiger partial charge in [0.25, 0.3) is 0 Å². The maximum atomic E-state index is 9.02. The van der Waals surface area contributed by atoms with Crippen molar-refractivity contribution in [2.24, 2.45) is 5.92 Å². The van der Waals surface area contributed by atoms with E-state index in [9.17, 15) is 0 Å². The highest BCUT2D eigenvalue weighted by molar-refractivity contribution is 5.54. The van der Waals surface area contributed by atoms with Crippen molar-refractivity contribution in [2.75, 3.05) is 26.2 Å². The van der Waals surface area contributed by atoms with Gasteiger partial charge in [0, 0.05) is 18.6 Å². The van der Waals surface area contributed by atoms with Crippen LogP contribution in [0.3, 0.4) is 0 Å². The second-order valence-electron chi connectivity index (χ2n) is 6.94. The minimum Gasteiger partial charge on any atom is -0.395 e. The molecule has 1 aliphatic carbocycles. The van der Waals surface area contributed by atoms with E-state index in [2.05, 4.69) is 53.5 Å². The molecule has 0 unspecified atom stereocenters. The Balaban J connectivity index is 1.48. The summed E-state index contributed by atoms with van der Waals surface area (Å²) in [7, 11) is 0. The Morgan fingerprint density at radius 1 is 1.26 bits per heavy atom. The Morgan fingerprint density at radius 2 is 2.00 bits per heavy atom. The number of nitrogens with one attached hydrogen (secondary N) is 1. The van der Waals surface area contributed by atoms with E-state index >= 15 is 0 Å². The molecule has 0 bridgehead atoms. The molecule has 0 spiro atoms. The van der Waals surface area contributed by atoms with Gasteiger partial charge in [-0.05, 0) is 50.3 Å². The summed E-state index contributed by atoms with van der Waals surface area (Å²) in [5, 5.41) is 12.9. The molecule has 0 amide bonds. The lowest BCUT2D eigenvalue weighted by atomic mass is 10.0. The largest absolute Gasteiger partial charge is 0.395 e. The smallest absolute Gasteiger partial charge is 0.0558 e. The number of hydrogen-bond donors (Lipinski definition) is 2. The lowest BCUT2D eigenvalue weighted by molar-refractivity contribution is 0.156. The summed E-state index contributed by atoms with van der Waals surface area (Å²) in [6, 6.07) is 12.0. The maximum Gasteiger partial charge on any atom is 0.0558 e. The minimum absolute atomic E-state index is 0.285. The highest BCUT2D eigenvalue weighted by atomic mass is 16.3. The SMILES string of the molecule is CC/C(=C\c1ccccc1)[C@H]1C[C@@H]1NC1CCN(CCO)CC1. The number of hydrogen-bond acceptors (Lipinski definition) is 3. The van der Waals surface area contributed by atoms with Gasteiger partial charge in [0.15, 0.2) is 0 Å². The molecule has 23 heavy (non-hydrogen) atoms. The second kappa shape index (κ2) is 8.09. The molecule has 2 atom stereocenters. The van der Waals surface area contributed by atoms with Gasteiger partial charge >= 0.3 is 0 Å². The fourth-order valence-electron chi connectivity index (χ4n) is 3.79. The Bertz CT molecular complexity index is 506. The van der Waals surface area contributed by atoms with Crippen LogP contribution in [0.4, 0.5) is 0 Å². The number of β-amino-alcohol motifs (C(OH)–C–C–N with tert-alkyl or cyclic N) is 1. The average molecular weight is 314 g/mol. The van der Waals surface area contributed by atoms with Crippen molar-refractivity contribution < 1.29 is 5.11 Å². The van der Waals surface area contributed by atoms with Crippen molar-refractivity contribution in [3.8, 4) is 0 Å². The topological polar surface area (TPSA) is 35.5 Å². The number of rotatable bonds is 7. The average Bonchev–Trinajstić information content (AvgIpc) is 3.34. The van der Waals surface area contributed by atoms with Crippen LogP contribution in [0.25, 0.3) is 6.08 Å². The number of likely N-dealkylation sites (tertiary alicyclic amines) is 1. The van der Waals surface area contributed by atoms with Crippen LogP contribution >= 0.6 is 0 Å². The highest BCUT2D eigenvalue weighted by Gasteiger charge is 2.40. The first kappa shape index (κ1) is 16.7. The number of piperidine rings is 1. The number of benzene rings is 1. The molecule has 1 saturated carbocycles. The van der Waals surface area contributed by atoms with E-state index in [0.717, 1.165) is 32.0 Å². The van der Waals surface area contributed by atoms with Gasteiger partial charge in [-0.3, -0.25) is 0 Å². The Hall–Kier alpha value is -1.16. The monoisotopic (exact) mass is 314 g/mol. The van der Waals surface area contributed by atoms with Crippen molar-refractivity contribution >= 4 is 6.08 Å². The van der Waals surface area contributed by atoms with Crippen LogP contribution in [0.1, 0.15) is 38.2 Å². The standard InChI is InChI=1S/C20H30N2O/c1-2-17(14-16-6-4-3-5-7-16)19-15-20(19)21-18-8-10-22(11-9-18)12-13-23/h3-7,14,18-21,23H,2,8-13,15H2,1H3/b17-14+/t19-,20+/m1/s1. The van der Waals surface area contributed by atoms with Gasteiger partial charge in [-0.15, -0.1) is 0 Å². The van der Waals surface area contributed by atoms with E-state index in [-0.39, 0.29) is 6.61 Å². The third-order valence-corrected chi connectivity index (χ3v) is 5.28. The molecular weight excluding hydrogens is 284 g/mol. The van der Waals surface area contributed by atoms with Crippen molar-refractivity contribution in [3.05, 3.63) is 41.5 Å². The predicted molar refractivity (Wildman–Crippen MR) is 96.3 cm³/mol. The van der Waals surface area contributed by atoms with Gasteiger partial charge < -0.3 is 15.3 Å². The van der Waals surface area contributed by atoms with E-state index in [4.69, 9.17) is 5.11 Å². The van der Waals surface area contributed by atoms with Crippen molar-refractivity contribution in [3.63, 3.8) is 0 Å². The Morgan fingerprint density at radius 3 is 2.65 bits per heavy atom. The van der Waals surface area contributed by atoms with Crippen LogP contribution in [0.15, 0.2) is 35.9 Å². The van der Waals surface area contributed by atoms with Crippen LogP contribution < -0.4 is 5.32 Å². The third kappa shape index (κ3) is 4.66. The molecule has 2 N–H and O–H groups in total. The molecule has 2 fully saturated rings. The highest BCUT2D eigenvalue weighted by Crippen LogP contribution is 2.40. The van der Waals surface area contributed by atoms with Crippen LogP contribution in [0, 0.1) is 5.92 Å². The van der Waals surface area contributed by atoms with E-state index in [0.29, 0.717) is 12.1 Å². The van der Waals surface area contributed by atoms with Crippen molar-refractivity contribution in [2.45, 2.75) is 44.7 Å². The molecule has 1 aromatic rings. The van der Waals surface area contributed by atoms with Crippen LogP contribution in [-0.2, 0) is 0 Å². The van der Waals surface area contributed by atoms with Gasteiger partial charge in [-0.25, -0.2) is 0 Å². The minimum atomic E-state index is 0.285. The number of aliphatic hydroxyl groups excluding tert-OH is 1. The summed E-state index contributed by atoms with van der Waals surface area (Å²) in [4.78, 5) is 2.37. The lowest BCUT2D eigenvalue weighted by Crippen LogP contribution is -2.44. The zero-order valence-electron chi connectivity index (χ0n) is 14.2. The zero-order valence-corrected chi connectivity index (χ0v) is 14.2. The molecule has 1 heterocycles. The summed E-state index contributed by atoms with van der Waals surface area (Å²) in [6.45, 7) is 5.63. The van der Waals surface area contributed by atoms with Crippen LogP contribution in [0.2, 0.25) is 0 Å². The molecule has 1 aliphatic heterocycles. The molecule has 0 radical (unpaired) electrons. The summed E-state index contributed by atoms with van der Waals surface area (Å²) in [5.41, 5.74) is 2.92. The molecule has 1 saturated heterocycles. The predicted octanol–water partition coefficient (Wildman–Crippen LogP) is 2.91. The van der Waals surface area contributed by atoms with E-state index in [1.54, 1.807) is 5.57 Å². The Kier molecular flexibility index (Phi) is 5.87. The number of nitrogens with zero attached hydrogens (tertiary/aromatic N) is 1. The molecular formula is C20H30N2O. The summed E-state index contributed by atoms with van der Waals surface area (Å²) < 4.78 is 0.